The van der Waals surface area contributed by atoms with Gasteiger partial charge in [0, 0.05) is 20.8 Å². The Morgan fingerprint density at radius 2 is 0.730 bits per heavy atom. The molecule has 100 heavy (non-hydrogen) atoms. The number of thiol groups is 2. The summed E-state index contributed by atoms with van der Waals surface area (Å²) in [4.78, 5) is 18.0. The predicted octanol–water partition coefficient (Wildman–Crippen LogP) is 21.2. The molecule has 0 fully saturated rings. The summed E-state index contributed by atoms with van der Waals surface area (Å²) in [5.74, 6) is 0.566. The second-order valence-electron chi connectivity index (χ2n) is 22.1. The summed E-state index contributed by atoms with van der Waals surface area (Å²) in [5.41, 5.74) is 26.7. The number of benzene rings is 11. The van der Waals surface area contributed by atoms with Crippen LogP contribution in [0.4, 0.5) is 56.9 Å². The van der Waals surface area contributed by atoms with Crippen molar-refractivity contribution >= 4 is 107 Å². The molecule has 0 aliphatic carbocycles. The number of nitrogens with two attached hydrogens (primary N) is 1. The number of phenolic OH excluding ortho intramolecular Hbond substituents is 2. The summed E-state index contributed by atoms with van der Waals surface area (Å²) in [6.07, 6.45) is 0. The van der Waals surface area contributed by atoms with Crippen LogP contribution in [-0.4, -0.2) is 23.6 Å². The number of nitrogens with one attached hydrogen (secondary N) is 1. The van der Waals surface area contributed by atoms with E-state index in [1.54, 1.807) is 6.07 Å². The number of anilines is 1. The number of halogens is 1. The van der Waals surface area contributed by atoms with Gasteiger partial charge < -0.3 is 15.9 Å². The Morgan fingerprint density at radius 3 is 1.11 bits per heavy atom. The van der Waals surface area contributed by atoms with Crippen molar-refractivity contribution in [2.24, 2.45) is 50.4 Å². The first kappa shape index (κ1) is 86.0. The average Bonchev–Trinajstić information content (AvgIpc) is 0.881. The van der Waals surface area contributed by atoms with Gasteiger partial charge in [-0.2, -0.15) is 15.3 Å². The number of hydrogen-bond acceptors (Lipinski definition) is 17. The topological polar surface area (TPSA) is 244 Å². The minimum absolute atomic E-state index is 0. The molecule has 0 unspecified atom stereocenters. The van der Waals surface area contributed by atoms with Crippen molar-refractivity contribution in [3.63, 3.8) is 0 Å². The largest absolute Gasteiger partial charge is 1.00 e. The first-order valence-corrected chi connectivity index (χ1v) is 32.2. The Bertz CT molecular complexity index is 4230. The molecule has 0 saturated carbocycles. The third-order valence-electron chi connectivity index (χ3n) is 13.5. The molecule has 20 heteroatoms. The van der Waals surface area contributed by atoms with Crippen molar-refractivity contribution < 1.29 is 45.1 Å². The molecule has 11 rings (SSSR count). The normalized spacial score (nSPS) is 9.99. The molecule has 5 N–H and O–H groups in total. The molecule has 0 bridgehead atoms. The smallest absolute Gasteiger partial charge is 0.508 e. The van der Waals surface area contributed by atoms with E-state index < -0.39 is 0 Å². The molecule has 0 saturated heterocycles. The van der Waals surface area contributed by atoms with E-state index in [0.29, 0.717) is 11.4 Å². The van der Waals surface area contributed by atoms with Crippen molar-refractivity contribution in [1.29, 1.82) is 0 Å². The minimum Gasteiger partial charge on any atom is -0.508 e. The first-order valence-electron chi connectivity index (χ1n) is 30.9. The summed E-state index contributed by atoms with van der Waals surface area (Å²) in [6.45, 7) is 31.1. The van der Waals surface area contributed by atoms with Gasteiger partial charge in [-0.15, -0.1) is 45.7 Å². The zero-order valence-corrected chi connectivity index (χ0v) is 63.6. The number of aromatic hydroxyl groups is 2. The van der Waals surface area contributed by atoms with Crippen molar-refractivity contribution in [3.05, 3.63) is 320 Å². The van der Waals surface area contributed by atoms with E-state index >= 15 is 0 Å². The zero-order valence-electron chi connectivity index (χ0n) is 59.0. The zero-order chi connectivity index (χ0) is 73.1. The Balaban J connectivity index is 0.000000394. The summed E-state index contributed by atoms with van der Waals surface area (Å²) in [5, 5.41) is 55.9. The van der Waals surface area contributed by atoms with Gasteiger partial charge in [-0.25, -0.2) is 0 Å². The number of hydrogen-bond donors (Lipinski definition) is 6. The van der Waals surface area contributed by atoms with Gasteiger partial charge in [0.2, 0.25) is 0 Å². The molecule has 11 aromatic carbocycles. The van der Waals surface area contributed by atoms with Crippen LogP contribution in [0.15, 0.2) is 303 Å². The van der Waals surface area contributed by atoms with Crippen LogP contribution < -0.4 is 40.6 Å². The number of para-hydroxylation sites is 1. The van der Waals surface area contributed by atoms with E-state index in [1.807, 2.05) is 269 Å². The molecule has 11 aromatic rings. The molecule has 0 aromatic heterocycles. The van der Waals surface area contributed by atoms with Crippen LogP contribution in [0.5, 0.6) is 11.5 Å². The van der Waals surface area contributed by atoms with Crippen LogP contribution in [0.3, 0.4) is 0 Å². The Hall–Kier alpha value is -10.1. The molecule has 510 valence electrons. The molecular formula is C80H87ClN12NaO4S2+. The number of phenols is 2. The second-order valence-corrected chi connectivity index (χ2v) is 23.2. The van der Waals surface area contributed by atoms with Gasteiger partial charge in [0.1, 0.15) is 22.9 Å². The summed E-state index contributed by atoms with van der Waals surface area (Å²) < 4.78 is 3.10. The number of aryl methyl sites for hydroxylation is 12. The van der Waals surface area contributed by atoms with Gasteiger partial charge in [-0.05, 0) is 244 Å². The monoisotopic (exact) mass is 1400 g/mol. The summed E-state index contributed by atoms with van der Waals surface area (Å²) in [7, 11) is 0. The fourth-order valence-electron chi connectivity index (χ4n) is 8.65. The number of aliphatic imine (C=N–C) groups is 2. The van der Waals surface area contributed by atoms with Gasteiger partial charge >= 0.3 is 29.6 Å². The molecule has 16 nitrogen and oxygen atoms in total. The Kier molecular flexibility index (Phi) is 41.8. The second kappa shape index (κ2) is 48.6. The third kappa shape index (κ3) is 34.4. The Labute approximate surface area is 627 Å². The van der Waals surface area contributed by atoms with Gasteiger partial charge in [0.25, 0.3) is 0 Å². The number of rotatable bonds is 9. The molecule has 0 heterocycles. The van der Waals surface area contributed by atoms with E-state index in [2.05, 4.69) is 140 Å². The van der Waals surface area contributed by atoms with Crippen molar-refractivity contribution in [3.8, 4) is 11.5 Å². The quantitative estimate of drug-likeness (QED) is 0.0157. The van der Waals surface area contributed by atoms with Crippen LogP contribution in [0.2, 0.25) is 0 Å². The molecular weight excluding hydrogens is 1320 g/mol. The maximum absolute atomic E-state index is 9.85. The van der Waals surface area contributed by atoms with Gasteiger partial charge in [-0.1, -0.05) is 167 Å². The molecule has 0 amide bonds. The van der Waals surface area contributed by atoms with E-state index in [9.17, 15) is 5.11 Å². The number of azo groups is 3. The maximum atomic E-state index is 9.85. The van der Waals surface area contributed by atoms with Crippen molar-refractivity contribution in [2.45, 2.75) is 92.9 Å². The van der Waals surface area contributed by atoms with Gasteiger partial charge in [0.15, 0.2) is 0 Å². The first-order chi connectivity index (χ1) is 47.4. The molecule has 0 atom stereocenters. The Morgan fingerprint density at radius 1 is 0.380 bits per heavy atom. The van der Waals surface area contributed by atoms with Crippen molar-refractivity contribution in [1.82, 2.24) is 0 Å². The summed E-state index contributed by atoms with van der Waals surface area (Å²) in [6, 6.07) is 77.3. The van der Waals surface area contributed by atoms with Crippen molar-refractivity contribution in [2.75, 3.05) is 5.73 Å². The number of nitrogen functional groups attached to an aromatic ring is 1. The summed E-state index contributed by atoms with van der Waals surface area (Å²) >= 11 is 13.7. The third-order valence-corrected chi connectivity index (χ3v) is 14.6. The maximum Gasteiger partial charge on any atom is 1.00 e. The fraction of sp³-hybridized carbons (Fsp3) is 0.150. The number of nitrogens with zero attached hydrogens (tertiary/aromatic N) is 10. The standard InChI is InChI=1S/C15H15N3.C14H14N2O.C14H14N2S.C9H11N.C8H10O.C8H10S.C6H5ClN2.C6H7N.HNO2.Na/c1-11-9-12(2)15(16-3)14(10-11)18-17-13-7-5-4-6-8-13;2*1-10-8-11(2)14(17)13(9-10)16-15-12-6-4-3-5-7-12;1-7-4-5-9(10-3)8(2)6-7;2*1-6-3-4-8(9)7(2)5-6;7-9-8-6-4-2-1-3-5-6;7-6-4-2-1-3-5-6;2-1-3;/h4-10H,3H2,1-2H3;2*3-9,17H,1-2H3;4-6H,3H2,1-2H3;2*3-5,9H,1-2H3;1-5H;1-5H,7H2;1H;/q;;;;;;;;;+1. The van der Waals surface area contributed by atoms with Crippen LogP contribution in [0, 0.1) is 93.2 Å². The predicted molar refractivity (Wildman–Crippen MR) is 419 cm³/mol. The molecule has 0 radical (unpaired) electrons. The van der Waals surface area contributed by atoms with Crippen LogP contribution in [0.25, 0.3) is 0 Å². The molecule has 0 aliphatic rings. The fourth-order valence-corrected chi connectivity index (χ4v) is 9.05. The van der Waals surface area contributed by atoms with E-state index in [-0.39, 0.29) is 40.6 Å². The van der Waals surface area contributed by atoms with Gasteiger partial charge in [-0.3, -0.25) is 20.1 Å². The van der Waals surface area contributed by atoms with E-state index in [1.165, 1.54) is 33.4 Å². The average molecular weight is 1400 g/mol. The van der Waals surface area contributed by atoms with E-state index in [0.717, 1.165) is 94.4 Å². The van der Waals surface area contributed by atoms with Crippen LogP contribution in [0.1, 0.15) is 66.8 Å². The van der Waals surface area contributed by atoms with Crippen LogP contribution >= 0.6 is 37.0 Å². The molecule has 0 aliphatic heterocycles. The SMILES string of the molecule is C=Nc1c(C)cc(C)cc1N=Nc1ccccc1.C=Nc1ccc(C)cc1C.Cc1cc(C)c(O)c(N=Nc2ccccc2)c1.Cc1cc(C)c(S)c(N=Nc2ccccc2)c1.Cc1ccc(O)c(C)c1.Cc1ccc(S)c(C)c1.ClN=Nc1ccccc1.Nc1ccccc1.O=[NH+][O-].[Na+]. The van der Waals surface area contributed by atoms with E-state index in [4.69, 9.17) is 32.7 Å². The minimum atomic E-state index is 0. The molecule has 0 spiro atoms. The van der Waals surface area contributed by atoms with Crippen LogP contribution in [-0.2, 0) is 0 Å². The van der Waals surface area contributed by atoms with Gasteiger partial charge in [0.05, 0.1) is 51.6 Å².